The summed E-state index contributed by atoms with van der Waals surface area (Å²) in [5.41, 5.74) is 0. The third-order valence-corrected chi connectivity index (χ3v) is 7.93. The van der Waals surface area contributed by atoms with Crippen molar-refractivity contribution in [2.75, 3.05) is 44.2 Å². The molecule has 10 heteroatoms. The van der Waals surface area contributed by atoms with Crippen molar-refractivity contribution in [1.82, 2.24) is 15.5 Å². The lowest BCUT2D eigenvalue weighted by Gasteiger charge is -2.28. The molecule has 4 heterocycles. The molecular formula is C18H31N3O6S. The van der Waals surface area contributed by atoms with Gasteiger partial charge in [-0.05, 0) is 25.9 Å². The maximum atomic E-state index is 12.4. The molecule has 0 unspecified atom stereocenters. The Morgan fingerprint density at radius 2 is 1.89 bits per heavy atom. The van der Waals surface area contributed by atoms with Crippen molar-refractivity contribution in [1.29, 1.82) is 0 Å². The van der Waals surface area contributed by atoms with E-state index in [9.17, 15) is 18.3 Å². The fraction of sp³-hybridized carbons (Fsp3) is 0.944. The number of aliphatic hydroxyl groups is 1. The van der Waals surface area contributed by atoms with Gasteiger partial charge in [0.2, 0.25) is 5.91 Å². The standard InChI is InChI=1S/C18H31N3O6S/c22-16(21-5-7-28(24,25)8-6-21)10-13-9-14-18(26-13)17(23)15(27-14)11-20-12-1-3-19-4-2-12/h12-15,17-20,23H,1-11H2/t13-,14+,15+,17+,18-/m0/s1. The van der Waals surface area contributed by atoms with E-state index < -0.39 is 15.9 Å². The van der Waals surface area contributed by atoms with E-state index in [-0.39, 0.29) is 61.3 Å². The minimum absolute atomic E-state index is 0.0308. The number of aliphatic hydroxyl groups excluding tert-OH is 1. The monoisotopic (exact) mass is 417 g/mol. The number of ether oxygens (including phenoxy) is 2. The topological polar surface area (TPSA) is 117 Å². The van der Waals surface area contributed by atoms with E-state index in [1.54, 1.807) is 4.90 Å². The number of amides is 1. The number of nitrogens with zero attached hydrogens (tertiary/aromatic N) is 1. The van der Waals surface area contributed by atoms with Crippen LogP contribution in [0, 0.1) is 0 Å². The number of carbonyl (C=O) groups is 1. The number of piperidine rings is 1. The van der Waals surface area contributed by atoms with Gasteiger partial charge in [0.25, 0.3) is 0 Å². The first-order valence-corrected chi connectivity index (χ1v) is 12.1. The van der Waals surface area contributed by atoms with Crippen LogP contribution in [-0.4, -0.2) is 105 Å². The van der Waals surface area contributed by atoms with E-state index >= 15 is 0 Å². The molecule has 160 valence electrons. The van der Waals surface area contributed by atoms with Crippen molar-refractivity contribution in [2.24, 2.45) is 0 Å². The fourth-order valence-corrected chi connectivity index (χ4v) is 5.80. The molecule has 0 radical (unpaired) electrons. The smallest absolute Gasteiger partial charge is 0.225 e. The predicted molar refractivity (Wildman–Crippen MR) is 102 cm³/mol. The molecule has 4 saturated heterocycles. The Bertz CT molecular complexity index is 654. The molecule has 4 aliphatic heterocycles. The first-order valence-electron chi connectivity index (χ1n) is 10.3. The summed E-state index contributed by atoms with van der Waals surface area (Å²) < 4.78 is 35.0. The Balaban J connectivity index is 1.21. The first-order chi connectivity index (χ1) is 13.4. The molecule has 9 nitrogen and oxygen atoms in total. The molecule has 1 amide bonds. The van der Waals surface area contributed by atoms with E-state index in [0.717, 1.165) is 25.9 Å². The molecule has 3 N–H and O–H groups in total. The Morgan fingerprint density at radius 1 is 1.18 bits per heavy atom. The van der Waals surface area contributed by atoms with Crippen molar-refractivity contribution in [3.63, 3.8) is 0 Å². The van der Waals surface area contributed by atoms with Crippen molar-refractivity contribution < 1.29 is 27.8 Å². The molecule has 0 aromatic carbocycles. The molecule has 0 spiro atoms. The molecule has 4 aliphatic rings. The summed E-state index contributed by atoms with van der Waals surface area (Å²) in [4.78, 5) is 14.0. The van der Waals surface area contributed by atoms with Crippen LogP contribution in [0.25, 0.3) is 0 Å². The molecule has 0 saturated carbocycles. The van der Waals surface area contributed by atoms with Gasteiger partial charge in [0.05, 0.1) is 36.2 Å². The minimum atomic E-state index is -3.00. The minimum Gasteiger partial charge on any atom is -0.388 e. The molecule has 0 aromatic rings. The molecule has 0 bridgehead atoms. The lowest BCUT2D eigenvalue weighted by Crippen LogP contribution is -2.46. The average Bonchev–Trinajstić information content (AvgIpc) is 3.19. The summed E-state index contributed by atoms with van der Waals surface area (Å²) in [7, 11) is -3.00. The average molecular weight is 418 g/mol. The van der Waals surface area contributed by atoms with Crippen molar-refractivity contribution in [3.05, 3.63) is 0 Å². The molecule has 4 rings (SSSR count). The number of carbonyl (C=O) groups excluding carboxylic acids is 1. The quantitative estimate of drug-likeness (QED) is 0.483. The zero-order chi connectivity index (χ0) is 19.7. The number of sulfone groups is 1. The summed E-state index contributed by atoms with van der Waals surface area (Å²) in [6.45, 7) is 3.14. The predicted octanol–water partition coefficient (Wildman–Crippen LogP) is -1.74. The Hall–Kier alpha value is -0.780. The number of nitrogens with one attached hydrogen (secondary N) is 2. The second kappa shape index (κ2) is 8.53. The molecule has 4 fully saturated rings. The fourth-order valence-electron chi connectivity index (χ4n) is 4.60. The van der Waals surface area contributed by atoms with Gasteiger partial charge in [0.15, 0.2) is 9.84 Å². The van der Waals surface area contributed by atoms with Crippen LogP contribution in [-0.2, 0) is 24.1 Å². The highest BCUT2D eigenvalue weighted by Gasteiger charge is 2.50. The van der Waals surface area contributed by atoms with E-state index in [1.165, 1.54) is 0 Å². The van der Waals surface area contributed by atoms with Crippen LogP contribution in [0.15, 0.2) is 0 Å². The molecule has 28 heavy (non-hydrogen) atoms. The van der Waals surface area contributed by atoms with Gasteiger partial charge in [-0.2, -0.15) is 0 Å². The summed E-state index contributed by atoms with van der Waals surface area (Å²) in [5, 5.41) is 17.4. The highest BCUT2D eigenvalue weighted by molar-refractivity contribution is 7.91. The van der Waals surface area contributed by atoms with Crippen LogP contribution in [0.2, 0.25) is 0 Å². The maximum Gasteiger partial charge on any atom is 0.225 e. The Kier molecular flexibility index (Phi) is 6.24. The second-order valence-corrected chi connectivity index (χ2v) is 10.6. The Morgan fingerprint density at radius 3 is 2.57 bits per heavy atom. The first kappa shape index (κ1) is 20.5. The van der Waals surface area contributed by atoms with Gasteiger partial charge in [0.1, 0.15) is 12.2 Å². The molecule has 0 aromatic heterocycles. The van der Waals surface area contributed by atoms with Gasteiger partial charge < -0.3 is 30.1 Å². The number of fused-ring (bicyclic) bond motifs is 1. The van der Waals surface area contributed by atoms with Crippen LogP contribution in [0.3, 0.4) is 0 Å². The van der Waals surface area contributed by atoms with Crippen molar-refractivity contribution in [3.8, 4) is 0 Å². The molecule has 0 aliphatic carbocycles. The van der Waals surface area contributed by atoms with Crippen LogP contribution >= 0.6 is 0 Å². The zero-order valence-corrected chi connectivity index (χ0v) is 16.9. The number of hydrogen-bond acceptors (Lipinski definition) is 8. The van der Waals surface area contributed by atoms with E-state index in [0.29, 0.717) is 19.0 Å². The van der Waals surface area contributed by atoms with Crippen LogP contribution in [0.5, 0.6) is 0 Å². The summed E-state index contributed by atoms with van der Waals surface area (Å²) in [6.07, 6.45) is 1.11. The van der Waals surface area contributed by atoms with E-state index in [2.05, 4.69) is 10.6 Å². The molecular weight excluding hydrogens is 386 g/mol. The lowest BCUT2D eigenvalue weighted by atomic mass is 10.0. The van der Waals surface area contributed by atoms with Gasteiger partial charge in [-0.25, -0.2) is 8.42 Å². The maximum absolute atomic E-state index is 12.4. The van der Waals surface area contributed by atoms with Gasteiger partial charge >= 0.3 is 0 Å². The van der Waals surface area contributed by atoms with Crippen molar-refractivity contribution >= 4 is 15.7 Å². The second-order valence-electron chi connectivity index (χ2n) is 8.33. The van der Waals surface area contributed by atoms with Crippen LogP contribution < -0.4 is 10.6 Å². The van der Waals surface area contributed by atoms with E-state index in [4.69, 9.17) is 9.47 Å². The summed E-state index contributed by atoms with van der Waals surface area (Å²) >= 11 is 0. The van der Waals surface area contributed by atoms with Crippen molar-refractivity contribution in [2.45, 2.75) is 62.2 Å². The van der Waals surface area contributed by atoms with Gasteiger partial charge in [-0.3, -0.25) is 4.79 Å². The van der Waals surface area contributed by atoms with E-state index in [1.807, 2.05) is 0 Å². The normalized spacial score (nSPS) is 38.5. The van der Waals surface area contributed by atoms with Gasteiger partial charge in [0, 0.05) is 32.1 Å². The summed E-state index contributed by atoms with van der Waals surface area (Å²) in [6, 6.07) is 0.456. The highest BCUT2D eigenvalue weighted by Crippen LogP contribution is 2.35. The lowest BCUT2D eigenvalue weighted by molar-refractivity contribution is -0.134. The third kappa shape index (κ3) is 4.68. The number of rotatable bonds is 5. The zero-order valence-electron chi connectivity index (χ0n) is 16.1. The number of hydrogen-bond donors (Lipinski definition) is 3. The van der Waals surface area contributed by atoms with Crippen LogP contribution in [0.1, 0.15) is 25.7 Å². The summed E-state index contributed by atoms with van der Waals surface area (Å²) in [5.74, 6) is -0.0231. The SMILES string of the molecule is O=C(C[C@@H]1C[C@H]2O[C@H](CNC3CCNCC3)[C@@H](O)[C@H]2O1)N1CCS(=O)(=O)CC1. The Labute approximate surface area is 166 Å². The third-order valence-electron chi connectivity index (χ3n) is 6.32. The van der Waals surface area contributed by atoms with Crippen LogP contribution in [0.4, 0.5) is 0 Å². The highest BCUT2D eigenvalue weighted by atomic mass is 32.2. The van der Waals surface area contributed by atoms with Gasteiger partial charge in [-0.1, -0.05) is 0 Å². The van der Waals surface area contributed by atoms with Gasteiger partial charge in [-0.15, -0.1) is 0 Å². The largest absolute Gasteiger partial charge is 0.388 e. The molecule has 5 atom stereocenters.